The fourth-order valence-electron chi connectivity index (χ4n) is 2.37. The summed E-state index contributed by atoms with van der Waals surface area (Å²) in [7, 11) is 1.32. The van der Waals surface area contributed by atoms with Gasteiger partial charge in [-0.05, 0) is 25.2 Å². The Labute approximate surface area is 135 Å². The van der Waals surface area contributed by atoms with Gasteiger partial charge >= 0.3 is 11.4 Å². The van der Waals surface area contributed by atoms with E-state index in [1.807, 2.05) is 13.8 Å². The van der Waals surface area contributed by atoms with Crippen LogP contribution < -0.4 is 5.32 Å². The van der Waals surface area contributed by atoms with E-state index in [1.54, 1.807) is 0 Å². The number of carbonyl (C=O) groups excluding carboxylic acids is 1. The Kier molecular flexibility index (Phi) is 6.99. The highest BCUT2D eigenvalue weighted by atomic mass is 35.5. The zero-order valence-corrected chi connectivity index (χ0v) is 13.8. The summed E-state index contributed by atoms with van der Waals surface area (Å²) < 4.78 is 5.10. The second-order valence-corrected chi connectivity index (χ2v) is 5.35. The molecule has 1 amide bonds. The normalized spacial score (nSPS) is 24.2. The van der Waals surface area contributed by atoms with E-state index < -0.39 is 22.5 Å². The molecule has 0 aromatic heterocycles. The maximum atomic E-state index is 12.4. The number of hydrogen-bond acceptors (Lipinski definition) is 5. The SMILES string of the molecule is CCN(CC)CCNC(=O)C1([N+](=O)[O-])C=C(Cl)C=CC1OC. The first-order valence-corrected chi connectivity index (χ1v) is 7.54. The van der Waals surface area contributed by atoms with Gasteiger partial charge in [0.2, 0.25) is 0 Å². The van der Waals surface area contributed by atoms with E-state index in [9.17, 15) is 14.9 Å². The van der Waals surface area contributed by atoms with Gasteiger partial charge in [0, 0.05) is 36.2 Å². The Balaban J connectivity index is 2.88. The molecule has 1 aliphatic carbocycles. The highest BCUT2D eigenvalue weighted by molar-refractivity contribution is 6.31. The van der Waals surface area contributed by atoms with E-state index >= 15 is 0 Å². The molecule has 0 saturated carbocycles. The first kappa shape index (κ1) is 18.6. The first-order chi connectivity index (χ1) is 10.4. The zero-order valence-electron chi connectivity index (χ0n) is 13.0. The van der Waals surface area contributed by atoms with Crippen molar-refractivity contribution < 1.29 is 14.5 Å². The van der Waals surface area contributed by atoms with Crippen LogP contribution in [0.2, 0.25) is 0 Å². The number of nitrogens with one attached hydrogen (secondary N) is 1. The Bertz CT molecular complexity index is 477. The lowest BCUT2D eigenvalue weighted by Gasteiger charge is -2.29. The summed E-state index contributed by atoms with van der Waals surface area (Å²) in [6.07, 6.45) is 3.05. The minimum absolute atomic E-state index is 0.142. The maximum absolute atomic E-state index is 12.4. The Hall–Kier alpha value is -1.44. The molecule has 1 N–H and O–H groups in total. The second kappa shape index (κ2) is 8.26. The van der Waals surface area contributed by atoms with E-state index in [1.165, 1.54) is 19.3 Å². The quantitative estimate of drug-likeness (QED) is 0.533. The predicted octanol–water partition coefficient (Wildman–Crippen LogP) is 1.17. The molecule has 2 unspecified atom stereocenters. The van der Waals surface area contributed by atoms with Gasteiger partial charge in [-0.3, -0.25) is 14.9 Å². The van der Waals surface area contributed by atoms with E-state index in [0.29, 0.717) is 13.1 Å². The number of halogens is 1. The smallest absolute Gasteiger partial charge is 0.347 e. The minimum atomic E-state index is -2.04. The van der Waals surface area contributed by atoms with Crippen molar-refractivity contribution in [1.82, 2.24) is 10.2 Å². The Morgan fingerprint density at radius 2 is 2.18 bits per heavy atom. The van der Waals surface area contributed by atoms with Crippen molar-refractivity contribution in [2.24, 2.45) is 0 Å². The third-order valence-corrected chi connectivity index (χ3v) is 3.98. The van der Waals surface area contributed by atoms with Crippen LogP contribution in [0, 0.1) is 10.1 Å². The van der Waals surface area contributed by atoms with Crippen LogP contribution in [0.5, 0.6) is 0 Å². The lowest BCUT2D eigenvalue weighted by atomic mass is 9.87. The molecule has 2 atom stereocenters. The molecule has 0 aromatic carbocycles. The van der Waals surface area contributed by atoms with Crippen LogP contribution in [-0.4, -0.2) is 60.7 Å². The number of hydrogen-bond donors (Lipinski definition) is 1. The van der Waals surface area contributed by atoms with Gasteiger partial charge < -0.3 is 15.0 Å². The van der Waals surface area contributed by atoms with Crippen molar-refractivity contribution in [3.63, 3.8) is 0 Å². The Morgan fingerprint density at radius 1 is 1.55 bits per heavy atom. The topological polar surface area (TPSA) is 84.7 Å². The first-order valence-electron chi connectivity index (χ1n) is 7.16. The molecule has 0 bridgehead atoms. The number of ether oxygens (including phenoxy) is 1. The summed E-state index contributed by atoms with van der Waals surface area (Å²) in [5.41, 5.74) is -2.04. The van der Waals surface area contributed by atoms with Gasteiger partial charge in [0.15, 0.2) is 6.10 Å². The molecule has 0 aromatic rings. The zero-order chi connectivity index (χ0) is 16.8. The van der Waals surface area contributed by atoms with Crippen LogP contribution in [-0.2, 0) is 9.53 Å². The lowest BCUT2D eigenvalue weighted by Crippen LogP contribution is -2.60. The Morgan fingerprint density at radius 3 is 2.68 bits per heavy atom. The van der Waals surface area contributed by atoms with E-state index in [0.717, 1.165) is 19.2 Å². The molecular formula is C14H22ClN3O4. The summed E-state index contributed by atoms with van der Waals surface area (Å²) in [6, 6.07) is 0. The third-order valence-electron chi connectivity index (χ3n) is 3.75. The number of rotatable bonds is 8. The van der Waals surface area contributed by atoms with Gasteiger partial charge in [-0.2, -0.15) is 0 Å². The van der Waals surface area contributed by atoms with Crippen molar-refractivity contribution in [2.45, 2.75) is 25.5 Å². The molecule has 1 rings (SSSR count). The number of carbonyl (C=O) groups is 1. The minimum Gasteiger partial charge on any atom is -0.369 e. The standard InChI is InChI=1S/C14H22ClN3O4/c1-4-17(5-2)9-8-16-13(19)14(18(20)21)10-11(15)6-7-12(14)22-3/h6-7,10,12H,4-5,8-9H2,1-3H3,(H,16,19). The van der Waals surface area contributed by atoms with Crippen molar-refractivity contribution >= 4 is 17.5 Å². The van der Waals surface area contributed by atoms with E-state index in [4.69, 9.17) is 16.3 Å². The largest absolute Gasteiger partial charge is 0.369 e. The molecule has 0 saturated heterocycles. The molecule has 1 aliphatic rings. The van der Waals surface area contributed by atoms with Crippen molar-refractivity contribution in [1.29, 1.82) is 0 Å². The molecule has 124 valence electrons. The molecule has 0 spiro atoms. The average molecular weight is 332 g/mol. The fraction of sp³-hybridized carbons (Fsp3) is 0.643. The molecule has 0 radical (unpaired) electrons. The van der Waals surface area contributed by atoms with Crippen molar-refractivity contribution in [3.05, 3.63) is 33.4 Å². The second-order valence-electron chi connectivity index (χ2n) is 4.91. The number of amides is 1. The molecule has 0 aliphatic heterocycles. The molecule has 0 heterocycles. The van der Waals surface area contributed by atoms with Gasteiger partial charge in [-0.1, -0.05) is 25.4 Å². The van der Waals surface area contributed by atoms with Crippen LogP contribution in [0.25, 0.3) is 0 Å². The summed E-state index contributed by atoms with van der Waals surface area (Å²) in [6.45, 7) is 6.67. The lowest BCUT2D eigenvalue weighted by molar-refractivity contribution is -0.548. The fourth-order valence-corrected chi connectivity index (χ4v) is 2.61. The van der Waals surface area contributed by atoms with E-state index in [-0.39, 0.29) is 5.03 Å². The average Bonchev–Trinajstić information content (AvgIpc) is 2.50. The highest BCUT2D eigenvalue weighted by Crippen LogP contribution is 2.29. The molecule has 0 fully saturated rings. The molecule has 8 heteroatoms. The summed E-state index contributed by atoms with van der Waals surface area (Å²) in [4.78, 5) is 25.5. The van der Waals surface area contributed by atoms with Crippen molar-refractivity contribution in [2.75, 3.05) is 33.3 Å². The van der Waals surface area contributed by atoms with Crippen molar-refractivity contribution in [3.8, 4) is 0 Å². The van der Waals surface area contributed by atoms with Crippen LogP contribution >= 0.6 is 11.6 Å². The number of nitrogens with zero attached hydrogens (tertiary/aromatic N) is 2. The van der Waals surface area contributed by atoms with Gasteiger partial charge in [-0.25, -0.2) is 0 Å². The van der Waals surface area contributed by atoms with Gasteiger partial charge in [0.05, 0.1) is 0 Å². The molecular weight excluding hydrogens is 310 g/mol. The van der Waals surface area contributed by atoms with E-state index in [2.05, 4.69) is 10.2 Å². The van der Waals surface area contributed by atoms with Gasteiger partial charge in [-0.15, -0.1) is 0 Å². The third kappa shape index (κ3) is 3.85. The number of allylic oxidation sites excluding steroid dienone is 2. The van der Waals surface area contributed by atoms with Crippen LogP contribution in [0.15, 0.2) is 23.3 Å². The summed E-state index contributed by atoms with van der Waals surface area (Å²) in [5.74, 6) is -0.723. The summed E-state index contributed by atoms with van der Waals surface area (Å²) >= 11 is 5.87. The van der Waals surface area contributed by atoms with Gasteiger partial charge in [0.25, 0.3) is 0 Å². The monoisotopic (exact) mass is 331 g/mol. The number of methoxy groups -OCH3 is 1. The molecule has 7 nitrogen and oxygen atoms in total. The van der Waals surface area contributed by atoms with Crippen LogP contribution in [0.3, 0.4) is 0 Å². The summed E-state index contributed by atoms with van der Waals surface area (Å²) in [5, 5.41) is 14.3. The number of nitro groups is 1. The van der Waals surface area contributed by atoms with Crippen LogP contribution in [0.1, 0.15) is 13.8 Å². The predicted molar refractivity (Wildman–Crippen MR) is 84.4 cm³/mol. The molecule has 22 heavy (non-hydrogen) atoms. The highest BCUT2D eigenvalue weighted by Gasteiger charge is 2.57. The maximum Gasteiger partial charge on any atom is 0.347 e. The van der Waals surface area contributed by atoms with Gasteiger partial charge in [0.1, 0.15) is 0 Å². The number of likely N-dealkylation sites (N-methyl/N-ethyl adjacent to an activating group) is 1. The van der Waals surface area contributed by atoms with Crippen LogP contribution in [0.4, 0.5) is 0 Å².